The topological polar surface area (TPSA) is 35.6 Å². The van der Waals surface area contributed by atoms with Crippen molar-refractivity contribution in [1.82, 2.24) is 15.1 Å². The Bertz CT molecular complexity index is 471. The van der Waals surface area contributed by atoms with Gasteiger partial charge in [-0.3, -0.25) is 4.79 Å². The molecule has 0 aromatic heterocycles. The van der Waals surface area contributed by atoms with E-state index in [0.29, 0.717) is 11.9 Å². The first-order valence-corrected chi connectivity index (χ1v) is 9.80. The SMILES string of the molecule is O=C1CC2=C(CCCC2)N1C1CCN(C2CCCNCC2)CC1. The molecule has 4 nitrogen and oxygen atoms in total. The number of nitrogens with zero attached hydrogens (tertiary/aromatic N) is 2. The van der Waals surface area contributed by atoms with Crippen LogP contribution in [0.25, 0.3) is 0 Å². The van der Waals surface area contributed by atoms with Crippen LogP contribution in [-0.4, -0.2) is 54.0 Å². The van der Waals surface area contributed by atoms with E-state index < -0.39 is 0 Å². The predicted molar refractivity (Wildman–Crippen MR) is 92.1 cm³/mol. The first kappa shape index (κ1) is 15.6. The molecule has 1 atom stereocenters. The molecule has 0 radical (unpaired) electrons. The fraction of sp³-hybridized carbons (Fsp3) is 0.842. The van der Waals surface area contributed by atoms with Gasteiger partial charge in [-0.1, -0.05) is 0 Å². The molecule has 0 aromatic carbocycles. The first-order valence-electron chi connectivity index (χ1n) is 9.80. The lowest BCUT2D eigenvalue weighted by atomic mass is 9.95. The van der Waals surface area contributed by atoms with Crippen LogP contribution in [0.5, 0.6) is 0 Å². The molecule has 2 saturated heterocycles. The van der Waals surface area contributed by atoms with Crippen molar-refractivity contribution in [2.24, 2.45) is 0 Å². The average molecular weight is 317 g/mol. The molecule has 2 fully saturated rings. The molecule has 3 heterocycles. The maximum absolute atomic E-state index is 12.5. The first-order chi connectivity index (χ1) is 11.3. The van der Waals surface area contributed by atoms with Crippen LogP contribution in [0.1, 0.15) is 64.2 Å². The van der Waals surface area contributed by atoms with E-state index in [-0.39, 0.29) is 0 Å². The largest absolute Gasteiger partial charge is 0.317 e. The Morgan fingerprint density at radius 3 is 2.57 bits per heavy atom. The van der Waals surface area contributed by atoms with E-state index >= 15 is 0 Å². The summed E-state index contributed by atoms with van der Waals surface area (Å²) in [7, 11) is 0. The summed E-state index contributed by atoms with van der Waals surface area (Å²) in [5, 5.41) is 3.52. The minimum Gasteiger partial charge on any atom is -0.317 e. The van der Waals surface area contributed by atoms with Gasteiger partial charge in [-0.25, -0.2) is 0 Å². The molecule has 1 aliphatic carbocycles. The van der Waals surface area contributed by atoms with Gasteiger partial charge in [0.2, 0.25) is 5.91 Å². The maximum Gasteiger partial charge on any atom is 0.231 e. The van der Waals surface area contributed by atoms with Crippen LogP contribution in [0, 0.1) is 0 Å². The molecular weight excluding hydrogens is 286 g/mol. The lowest BCUT2D eigenvalue weighted by Gasteiger charge is -2.41. The van der Waals surface area contributed by atoms with Crippen LogP contribution in [0.3, 0.4) is 0 Å². The molecule has 0 spiro atoms. The molecule has 23 heavy (non-hydrogen) atoms. The lowest BCUT2D eigenvalue weighted by Crippen LogP contribution is -2.48. The summed E-state index contributed by atoms with van der Waals surface area (Å²) in [6.07, 6.45) is 11.9. The molecule has 3 aliphatic heterocycles. The summed E-state index contributed by atoms with van der Waals surface area (Å²) in [6.45, 7) is 4.72. The van der Waals surface area contributed by atoms with Crippen molar-refractivity contribution in [3.05, 3.63) is 11.3 Å². The summed E-state index contributed by atoms with van der Waals surface area (Å²) in [5.41, 5.74) is 2.90. The highest BCUT2D eigenvalue weighted by atomic mass is 16.2. The van der Waals surface area contributed by atoms with Gasteiger partial charge in [-0.2, -0.15) is 0 Å². The van der Waals surface area contributed by atoms with Crippen LogP contribution in [0.15, 0.2) is 11.3 Å². The van der Waals surface area contributed by atoms with E-state index in [1.807, 2.05) is 0 Å². The Balaban J connectivity index is 1.37. The van der Waals surface area contributed by atoms with Crippen LogP contribution < -0.4 is 5.32 Å². The second kappa shape index (κ2) is 6.94. The highest BCUT2D eigenvalue weighted by Gasteiger charge is 2.37. The van der Waals surface area contributed by atoms with Crippen LogP contribution >= 0.6 is 0 Å². The number of amides is 1. The third-order valence-electron chi connectivity index (χ3n) is 6.40. The Morgan fingerprint density at radius 1 is 0.870 bits per heavy atom. The van der Waals surface area contributed by atoms with E-state index in [9.17, 15) is 4.79 Å². The number of hydrogen-bond donors (Lipinski definition) is 1. The standard InChI is InChI=1S/C19H31N3O/c23-19-14-15-4-1-2-6-18(15)22(19)17-8-12-21(13-9-17)16-5-3-10-20-11-7-16/h16-17,20H,1-14H2. The van der Waals surface area contributed by atoms with Gasteiger partial charge in [0, 0.05) is 30.9 Å². The highest BCUT2D eigenvalue weighted by Crippen LogP contribution is 2.38. The molecule has 1 amide bonds. The van der Waals surface area contributed by atoms with Gasteiger partial charge in [0.1, 0.15) is 0 Å². The Labute approximate surface area is 140 Å². The second-order valence-electron chi connectivity index (χ2n) is 7.80. The molecule has 1 unspecified atom stereocenters. The quantitative estimate of drug-likeness (QED) is 0.850. The summed E-state index contributed by atoms with van der Waals surface area (Å²) in [4.78, 5) is 17.5. The lowest BCUT2D eigenvalue weighted by molar-refractivity contribution is -0.130. The van der Waals surface area contributed by atoms with Crippen molar-refractivity contribution < 1.29 is 4.79 Å². The number of carbonyl (C=O) groups excluding carboxylic acids is 1. The number of likely N-dealkylation sites (tertiary alicyclic amines) is 1. The van der Waals surface area contributed by atoms with Crippen molar-refractivity contribution >= 4 is 5.91 Å². The molecular formula is C19H31N3O. The van der Waals surface area contributed by atoms with Gasteiger partial charge in [0.25, 0.3) is 0 Å². The number of allylic oxidation sites excluding steroid dienone is 1. The van der Waals surface area contributed by atoms with Crippen molar-refractivity contribution in [3.8, 4) is 0 Å². The van der Waals surface area contributed by atoms with Crippen LogP contribution in [0.2, 0.25) is 0 Å². The molecule has 0 aromatic rings. The molecule has 1 N–H and O–H groups in total. The van der Waals surface area contributed by atoms with Crippen LogP contribution in [-0.2, 0) is 4.79 Å². The second-order valence-corrected chi connectivity index (χ2v) is 7.80. The van der Waals surface area contributed by atoms with Crippen LogP contribution in [0.4, 0.5) is 0 Å². The van der Waals surface area contributed by atoms with Gasteiger partial charge in [0.15, 0.2) is 0 Å². The smallest absolute Gasteiger partial charge is 0.231 e. The molecule has 0 saturated carbocycles. The molecule has 4 aliphatic rings. The van der Waals surface area contributed by atoms with E-state index in [1.165, 1.54) is 88.8 Å². The molecule has 4 heteroatoms. The van der Waals surface area contributed by atoms with E-state index in [2.05, 4.69) is 15.1 Å². The van der Waals surface area contributed by atoms with Gasteiger partial charge in [0.05, 0.1) is 6.42 Å². The minimum absolute atomic E-state index is 0.397. The van der Waals surface area contributed by atoms with Gasteiger partial charge in [-0.15, -0.1) is 0 Å². The minimum atomic E-state index is 0.397. The maximum atomic E-state index is 12.5. The van der Waals surface area contributed by atoms with Gasteiger partial charge in [-0.05, 0) is 76.5 Å². The Hall–Kier alpha value is -0.870. The molecule has 4 rings (SSSR count). The third kappa shape index (κ3) is 3.20. The van der Waals surface area contributed by atoms with Crippen molar-refractivity contribution in [2.75, 3.05) is 26.2 Å². The van der Waals surface area contributed by atoms with Gasteiger partial charge >= 0.3 is 0 Å². The van der Waals surface area contributed by atoms with E-state index in [0.717, 1.165) is 18.9 Å². The Morgan fingerprint density at radius 2 is 1.70 bits per heavy atom. The van der Waals surface area contributed by atoms with Gasteiger partial charge < -0.3 is 15.1 Å². The number of piperidine rings is 1. The van der Waals surface area contributed by atoms with Crippen molar-refractivity contribution in [2.45, 2.75) is 76.3 Å². The summed E-state index contributed by atoms with van der Waals surface area (Å²) in [6, 6.07) is 1.25. The third-order valence-corrected chi connectivity index (χ3v) is 6.40. The summed E-state index contributed by atoms with van der Waals surface area (Å²) < 4.78 is 0. The van der Waals surface area contributed by atoms with Crippen molar-refractivity contribution in [1.29, 1.82) is 0 Å². The average Bonchev–Trinajstić information content (AvgIpc) is 2.76. The monoisotopic (exact) mass is 317 g/mol. The number of nitrogens with one attached hydrogen (secondary N) is 1. The highest BCUT2D eigenvalue weighted by molar-refractivity contribution is 5.84. The zero-order valence-electron chi connectivity index (χ0n) is 14.4. The fourth-order valence-electron chi connectivity index (χ4n) is 5.15. The number of rotatable bonds is 2. The molecule has 0 bridgehead atoms. The molecule has 128 valence electrons. The summed E-state index contributed by atoms with van der Waals surface area (Å²) in [5.74, 6) is 0.397. The number of carbonyl (C=O) groups is 1. The van der Waals surface area contributed by atoms with E-state index in [1.54, 1.807) is 0 Å². The summed E-state index contributed by atoms with van der Waals surface area (Å²) >= 11 is 0. The van der Waals surface area contributed by atoms with E-state index in [4.69, 9.17) is 0 Å². The predicted octanol–water partition coefficient (Wildman–Crippen LogP) is 2.65. The van der Waals surface area contributed by atoms with Crippen molar-refractivity contribution in [3.63, 3.8) is 0 Å². The number of hydrogen-bond acceptors (Lipinski definition) is 3. The normalized spacial score (nSPS) is 31.4. The fourth-order valence-corrected chi connectivity index (χ4v) is 5.15. The zero-order valence-corrected chi connectivity index (χ0v) is 14.4. The zero-order chi connectivity index (χ0) is 15.6. The Kier molecular flexibility index (Phi) is 4.72.